The molecule has 1 aromatic carbocycles. The molecule has 3 aromatic rings. The topological polar surface area (TPSA) is 176 Å². The summed E-state index contributed by atoms with van der Waals surface area (Å²) in [6.07, 6.45) is 2.62. The molecular formula is C31H44N5O9PS. The van der Waals surface area contributed by atoms with Gasteiger partial charge in [0.2, 0.25) is 19.5 Å². The number of hydrogen-bond donors (Lipinski definition) is 1. The first-order valence-electron chi connectivity index (χ1n) is 15.2. The van der Waals surface area contributed by atoms with Gasteiger partial charge in [0.25, 0.3) is 0 Å². The maximum atomic E-state index is 13.8. The van der Waals surface area contributed by atoms with Crippen molar-refractivity contribution in [2.24, 2.45) is 16.7 Å². The number of methoxy groups -OCH3 is 1. The summed E-state index contributed by atoms with van der Waals surface area (Å²) in [5, 5.41) is 0.593. The fourth-order valence-corrected chi connectivity index (χ4v) is 6.47. The number of anilines is 1. The van der Waals surface area contributed by atoms with Gasteiger partial charge in [-0.05, 0) is 78.1 Å². The van der Waals surface area contributed by atoms with Gasteiger partial charge in [0.05, 0.1) is 36.4 Å². The molecule has 1 fully saturated rings. The Bertz CT molecular complexity index is 1580. The zero-order valence-electron chi connectivity index (χ0n) is 28.1. The number of esters is 2. The van der Waals surface area contributed by atoms with E-state index in [0.29, 0.717) is 29.2 Å². The standard InChI is InChI=1S/C31H44N5O9PS/c1-9-20-14-31(20,43-19-46(39,44-17-41-26(37)29(2,3)4)45-18-42-27(38)30(5,6)7)15-36-16-33-23-24(36)34-28(32)35-25(23)47-22-12-10-21(40-8)11-13-22/h10-13,16,20H,9,14-15,17-19H2,1-8H3,(H2,32,34,35). The average molecular weight is 694 g/mol. The van der Waals surface area contributed by atoms with Gasteiger partial charge in [-0.2, -0.15) is 4.98 Å². The monoisotopic (exact) mass is 693 g/mol. The van der Waals surface area contributed by atoms with Gasteiger partial charge in [0.15, 0.2) is 5.65 Å². The molecule has 0 aliphatic heterocycles. The lowest BCUT2D eigenvalue weighted by Gasteiger charge is -2.25. The van der Waals surface area contributed by atoms with Gasteiger partial charge in [-0.3, -0.25) is 23.2 Å². The van der Waals surface area contributed by atoms with E-state index in [9.17, 15) is 14.2 Å². The molecule has 0 bridgehead atoms. The minimum absolute atomic E-state index is 0.0916. The van der Waals surface area contributed by atoms with Gasteiger partial charge in [0, 0.05) is 4.90 Å². The Kier molecular flexibility index (Phi) is 11.3. The average Bonchev–Trinajstić information content (AvgIpc) is 3.56. The number of hydrogen-bond acceptors (Lipinski definition) is 14. The van der Waals surface area contributed by atoms with Gasteiger partial charge in [-0.15, -0.1) is 0 Å². The zero-order valence-corrected chi connectivity index (χ0v) is 29.8. The molecule has 16 heteroatoms. The van der Waals surface area contributed by atoms with Crippen LogP contribution in [0.1, 0.15) is 61.3 Å². The van der Waals surface area contributed by atoms with Crippen molar-refractivity contribution in [2.75, 3.05) is 32.8 Å². The van der Waals surface area contributed by atoms with Crippen LogP contribution in [0.25, 0.3) is 11.2 Å². The van der Waals surface area contributed by atoms with Gasteiger partial charge in [-0.25, -0.2) is 9.97 Å². The highest BCUT2D eigenvalue weighted by molar-refractivity contribution is 7.99. The summed E-state index contributed by atoms with van der Waals surface area (Å²) in [5.74, 6) is -0.145. The van der Waals surface area contributed by atoms with Crippen molar-refractivity contribution in [3.05, 3.63) is 30.6 Å². The first kappa shape index (κ1) is 36.6. The fraction of sp³-hybridized carbons (Fsp3) is 0.581. The van der Waals surface area contributed by atoms with Crippen molar-refractivity contribution < 1.29 is 42.1 Å². The minimum Gasteiger partial charge on any atom is -0.497 e. The number of nitrogens with zero attached hydrogens (tertiary/aromatic N) is 4. The molecule has 4 rings (SSSR count). The summed E-state index contributed by atoms with van der Waals surface area (Å²) in [6, 6.07) is 7.55. The third-order valence-corrected chi connectivity index (χ3v) is 9.87. The smallest absolute Gasteiger partial charge is 0.361 e. The van der Waals surface area contributed by atoms with Crippen molar-refractivity contribution in [1.29, 1.82) is 0 Å². The van der Waals surface area contributed by atoms with Crippen LogP contribution in [-0.2, 0) is 44.0 Å². The van der Waals surface area contributed by atoms with Gasteiger partial charge >= 0.3 is 19.5 Å². The van der Waals surface area contributed by atoms with E-state index >= 15 is 0 Å². The highest BCUT2D eigenvalue weighted by Crippen LogP contribution is 2.56. The molecular weight excluding hydrogens is 649 g/mol. The number of rotatable bonds is 15. The molecule has 0 spiro atoms. The van der Waals surface area contributed by atoms with Crippen molar-refractivity contribution in [2.45, 2.75) is 83.4 Å². The molecule has 0 amide bonds. The first-order chi connectivity index (χ1) is 22.0. The molecule has 2 heterocycles. The largest absolute Gasteiger partial charge is 0.497 e. The number of ether oxygens (including phenoxy) is 4. The second-order valence-corrected chi connectivity index (χ2v) is 16.4. The van der Waals surface area contributed by atoms with E-state index in [1.807, 2.05) is 35.8 Å². The maximum Gasteiger partial charge on any atom is 0.361 e. The lowest BCUT2D eigenvalue weighted by atomic mass is 9.98. The Morgan fingerprint density at radius 2 is 1.62 bits per heavy atom. The van der Waals surface area contributed by atoms with Crippen LogP contribution in [0.2, 0.25) is 0 Å². The van der Waals surface area contributed by atoms with E-state index in [0.717, 1.165) is 17.1 Å². The summed E-state index contributed by atoms with van der Waals surface area (Å²) in [4.78, 5) is 38.9. The van der Waals surface area contributed by atoms with Crippen LogP contribution in [0.4, 0.5) is 5.95 Å². The molecule has 1 aliphatic rings. The Morgan fingerprint density at radius 3 is 2.13 bits per heavy atom. The third-order valence-electron chi connectivity index (χ3n) is 7.44. The molecule has 2 N–H and O–H groups in total. The lowest BCUT2D eigenvalue weighted by Crippen LogP contribution is -2.27. The summed E-state index contributed by atoms with van der Waals surface area (Å²) >= 11 is 1.40. The van der Waals surface area contributed by atoms with Crippen LogP contribution in [-0.4, -0.2) is 64.1 Å². The highest BCUT2D eigenvalue weighted by atomic mass is 32.2. The first-order valence-corrected chi connectivity index (χ1v) is 17.7. The van der Waals surface area contributed by atoms with Gasteiger partial charge in [-0.1, -0.05) is 25.1 Å². The number of fused-ring (bicyclic) bond motifs is 1. The number of imidazole rings is 1. The van der Waals surface area contributed by atoms with Crippen LogP contribution >= 0.6 is 19.4 Å². The predicted octanol–water partition coefficient (Wildman–Crippen LogP) is 6.03. The van der Waals surface area contributed by atoms with E-state index < -0.39 is 55.9 Å². The highest BCUT2D eigenvalue weighted by Gasteiger charge is 2.56. The molecule has 0 radical (unpaired) electrons. The summed E-state index contributed by atoms with van der Waals surface area (Å²) in [6.45, 7) is 11.2. The van der Waals surface area contributed by atoms with Crippen molar-refractivity contribution in [1.82, 2.24) is 19.5 Å². The molecule has 2 unspecified atom stereocenters. The number of carbonyl (C=O) groups excluding carboxylic acids is 2. The number of nitrogen functional groups attached to an aromatic ring is 1. The lowest BCUT2D eigenvalue weighted by molar-refractivity contribution is -0.162. The van der Waals surface area contributed by atoms with Crippen LogP contribution in [0.15, 0.2) is 40.5 Å². The zero-order chi connectivity index (χ0) is 34.6. The Labute approximate surface area is 278 Å². The van der Waals surface area contributed by atoms with Crippen LogP contribution < -0.4 is 10.5 Å². The van der Waals surface area contributed by atoms with Crippen molar-refractivity contribution in [3.63, 3.8) is 0 Å². The molecule has 1 aliphatic carbocycles. The normalized spacial score (nSPS) is 18.3. The van der Waals surface area contributed by atoms with E-state index in [2.05, 4.69) is 15.0 Å². The van der Waals surface area contributed by atoms with Crippen molar-refractivity contribution >= 4 is 48.4 Å². The molecule has 2 aromatic heterocycles. The second kappa shape index (κ2) is 14.5. The molecule has 2 atom stereocenters. The molecule has 47 heavy (non-hydrogen) atoms. The number of nitrogens with two attached hydrogens (primary N) is 1. The molecule has 0 saturated heterocycles. The Morgan fingerprint density at radius 1 is 1.02 bits per heavy atom. The predicted molar refractivity (Wildman–Crippen MR) is 175 cm³/mol. The molecule has 14 nitrogen and oxygen atoms in total. The van der Waals surface area contributed by atoms with Crippen molar-refractivity contribution in [3.8, 4) is 5.75 Å². The third kappa shape index (κ3) is 9.44. The minimum atomic E-state index is -4.09. The number of carbonyl (C=O) groups is 2. The van der Waals surface area contributed by atoms with Crippen LogP contribution in [0.3, 0.4) is 0 Å². The van der Waals surface area contributed by atoms with Gasteiger partial charge < -0.3 is 29.2 Å². The Balaban J connectivity index is 1.51. The molecule has 258 valence electrons. The van der Waals surface area contributed by atoms with Gasteiger partial charge in [0.1, 0.15) is 22.6 Å². The van der Waals surface area contributed by atoms with E-state index in [1.54, 1.807) is 55.0 Å². The number of aromatic nitrogens is 4. The van der Waals surface area contributed by atoms with Crippen LogP contribution in [0, 0.1) is 16.7 Å². The van der Waals surface area contributed by atoms with E-state index in [-0.39, 0.29) is 11.9 Å². The summed E-state index contributed by atoms with van der Waals surface area (Å²) < 4.78 is 48.5. The van der Waals surface area contributed by atoms with E-state index in [4.69, 9.17) is 33.7 Å². The maximum absolute atomic E-state index is 13.8. The second-order valence-electron chi connectivity index (χ2n) is 13.3. The van der Waals surface area contributed by atoms with E-state index in [1.165, 1.54) is 11.8 Å². The number of benzene rings is 1. The summed E-state index contributed by atoms with van der Waals surface area (Å²) in [5.41, 5.74) is 4.87. The molecule has 1 saturated carbocycles. The fourth-order valence-electron chi connectivity index (χ4n) is 4.53. The Hall–Kier alpha value is -3.23. The SMILES string of the molecule is CCC1CC1(Cn1cnc2c(Sc3ccc(OC)cc3)nc(N)nc21)OCP(=O)(OCOC(=O)C(C)(C)C)OCOC(=O)C(C)(C)C. The van der Waals surface area contributed by atoms with Crippen LogP contribution in [0.5, 0.6) is 5.75 Å². The quantitative estimate of drug-likeness (QED) is 0.0845. The summed E-state index contributed by atoms with van der Waals surface area (Å²) in [7, 11) is -2.48.